The quantitative estimate of drug-likeness (QED) is 0.655. The SMILES string of the molecule is Nc1cc(Cl)ccc1NC(=O)CCSc1ncco1. The molecule has 0 saturated heterocycles. The maximum atomic E-state index is 11.7. The Balaban J connectivity index is 1.80. The van der Waals surface area contributed by atoms with Gasteiger partial charge >= 0.3 is 0 Å². The van der Waals surface area contributed by atoms with Gasteiger partial charge < -0.3 is 15.5 Å². The summed E-state index contributed by atoms with van der Waals surface area (Å²) in [5.74, 6) is 0.466. The Bertz CT molecular complexity index is 560. The van der Waals surface area contributed by atoms with Crippen LogP contribution in [0.3, 0.4) is 0 Å². The van der Waals surface area contributed by atoms with E-state index in [1.165, 1.54) is 18.0 Å². The number of aromatic nitrogens is 1. The largest absolute Gasteiger partial charge is 0.440 e. The predicted octanol–water partition coefficient (Wildman–Crippen LogP) is 3.03. The van der Waals surface area contributed by atoms with Crippen molar-refractivity contribution in [2.45, 2.75) is 11.6 Å². The van der Waals surface area contributed by atoms with Gasteiger partial charge in [-0.1, -0.05) is 23.4 Å². The van der Waals surface area contributed by atoms with Crippen LogP contribution in [-0.2, 0) is 4.79 Å². The van der Waals surface area contributed by atoms with Crippen LogP contribution in [0.2, 0.25) is 5.02 Å². The minimum Gasteiger partial charge on any atom is -0.440 e. The first kappa shape index (κ1) is 13.8. The monoisotopic (exact) mass is 297 g/mol. The zero-order valence-electron chi connectivity index (χ0n) is 9.93. The van der Waals surface area contributed by atoms with Crippen LogP contribution in [0.25, 0.3) is 0 Å². The number of thioether (sulfide) groups is 1. The molecule has 0 aliphatic carbocycles. The molecule has 0 bridgehead atoms. The molecule has 1 amide bonds. The number of nitrogens with two attached hydrogens (primary N) is 1. The highest BCUT2D eigenvalue weighted by Crippen LogP contribution is 2.23. The van der Waals surface area contributed by atoms with Gasteiger partial charge in [-0.15, -0.1) is 0 Å². The average molecular weight is 298 g/mol. The normalized spacial score (nSPS) is 10.4. The Kier molecular flexibility index (Phi) is 4.70. The predicted molar refractivity (Wildman–Crippen MR) is 76.3 cm³/mol. The van der Waals surface area contributed by atoms with E-state index in [1.807, 2.05) is 0 Å². The van der Waals surface area contributed by atoms with Gasteiger partial charge in [-0.3, -0.25) is 4.79 Å². The van der Waals surface area contributed by atoms with Gasteiger partial charge in [0, 0.05) is 17.2 Å². The van der Waals surface area contributed by atoms with E-state index in [0.29, 0.717) is 33.8 Å². The maximum absolute atomic E-state index is 11.7. The lowest BCUT2D eigenvalue weighted by atomic mass is 10.2. The lowest BCUT2D eigenvalue weighted by Gasteiger charge is -2.07. The Hall–Kier alpha value is -1.66. The number of benzene rings is 1. The number of carbonyl (C=O) groups is 1. The Morgan fingerprint density at radius 3 is 3.05 bits per heavy atom. The molecule has 0 spiro atoms. The van der Waals surface area contributed by atoms with Gasteiger partial charge in [-0.05, 0) is 18.2 Å². The van der Waals surface area contributed by atoms with Crippen LogP contribution in [0, 0.1) is 0 Å². The molecular formula is C12H12ClN3O2S. The third kappa shape index (κ3) is 4.18. The van der Waals surface area contributed by atoms with Crippen molar-refractivity contribution in [2.75, 3.05) is 16.8 Å². The average Bonchev–Trinajstić information content (AvgIpc) is 2.86. The second kappa shape index (κ2) is 6.49. The molecule has 2 aromatic rings. The van der Waals surface area contributed by atoms with Crippen LogP contribution < -0.4 is 11.1 Å². The molecule has 100 valence electrons. The highest BCUT2D eigenvalue weighted by Gasteiger charge is 2.07. The summed E-state index contributed by atoms with van der Waals surface area (Å²) in [6, 6.07) is 4.95. The Labute approximate surface area is 119 Å². The van der Waals surface area contributed by atoms with Gasteiger partial charge in [0.1, 0.15) is 6.26 Å². The number of hydrogen-bond donors (Lipinski definition) is 2. The molecule has 0 aliphatic rings. The molecule has 0 radical (unpaired) electrons. The van der Waals surface area contributed by atoms with Crippen LogP contribution in [0.1, 0.15) is 6.42 Å². The Morgan fingerprint density at radius 1 is 1.53 bits per heavy atom. The number of oxazole rings is 1. The van der Waals surface area contributed by atoms with E-state index in [4.69, 9.17) is 21.8 Å². The summed E-state index contributed by atoms with van der Waals surface area (Å²) in [6.07, 6.45) is 3.41. The molecule has 19 heavy (non-hydrogen) atoms. The topological polar surface area (TPSA) is 81.1 Å². The van der Waals surface area contributed by atoms with E-state index in [0.717, 1.165) is 0 Å². The third-order valence-corrected chi connectivity index (χ3v) is 3.34. The number of nitrogen functional groups attached to an aromatic ring is 1. The lowest BCUT2D eigenvalue weighted by Crippen LogP contribution is -2.13. The van der Waals surface area contributed by atoms with E-state index in [1.54, 1.807) is 24.4 Å². The first-order chi connectivity index (χ1) is 9.15. The van der Waals surface area contributed by atoms with Crippen molar-refractivity contribution < 1.29 is 9.21 Å². The molecule has 1 aromatic carbocycles. The first-order valence-electron chi connectivity index (χ1n) is 5.52. The smallest absolute Gasteiger partial charge is 0.255 e. The fourth-order valence-electron chi connectivity index (χ4n) is 1.37. The molecule has 2 rings (SSSR count). The van der Waals surface area contributed by atoms with Crippen molar-refractivity contribution in [3.63, 3.8) is 0 Å². The minimum atomic E-state index is -0.118. The van der Waals surface area contributed by atoms with Crippen molar-refractivity contribution in [1.82, 2.24) is 4.98 Å². The number of amides is 1. The molecule has 0 fully saturated rings. The molecule has 0 unspecified atom stereocenters. The first-order valence-corrected chi connectivity index (χ1v) is 6.88. The number of anilines is 2. The summed E-state index contributed by atoms with van der Waals surface area (Å²) in [7, 11) is 0. The van der Waals surface area contributed by atoms with E-state index < -0.39 is 0 Å². The van der Waals surface area contributed by atoms with Crippen LogP contribution in [0.4, 0.5) is 11.4 Å². The maximum Gasteiger partial charge on any atom is 0.255 e. The van der Waals surface area contributed by atoms with Crippen molar-refractivity contribution in [3.05, 3.63) is 35.7 Å². The van der Waals surface area contributed by atoms with Gasteiger partial charge in [-0.2, -0.15) is 0 Å². The second-order valence-corrected chi connectivity index (χ2v) is 5.16. The molecule has 5 nitrogen and oxygen atoms in total. The zero-order chi connectivity index (χ0) is 13.7. The molecule has 0 aliphatic heterocycles. The molecule has 0 atom stereocenters. The van der Waals surface area contributed by atoms with Gasteiger partial charge in [0.25, 0.3) is 5.22 Å². The number of nitrogens with one attached hydrogen (secondary N) is 1. The van der Waals surface area contributed by atoms with E-state index in [-0.39, 0.29) is 5.91 Å². The highest BCUT2D eigenvalue weighted by molar-refractivity contribution is 7.99. The molecule has 1 aromatic heterocycles. The van der Waals surface area contributed by atoms with Crippen LogP contribution in [-0.4, -0.2) is 16.6 Å². The summed E-state index contributed by atoms with van der Waals surface area (Å²) in [5, 5.41) is 3.82. The van der Waals surface area contributed by atoms with Crippen molar-refractivity contribution >= 4 is 40.6 Å². The molecule has 7 heteroatoms. The number of halogens is 1. The fourth-order valence-corrected chi connectivity index (χ4v) is 2.27. The van der Waals surface area contributed by atoms with Crippen LogP contribution in [0.5, 0.6) is 0 Å². The highest BCUT2D eigenvalue weighted by atomic mass is 35.5. The molecule has 3 N–H and O–H groups in total. The zero-order valence-corrected chi connectivity index (χ0v) is 11.5. The van der Waals surface area contributed by atoms with Crippen molar-refractivity contribution in [2.24, 2.45) is 0 Å². The van der Waals surface area contributed by atoms with Gasteiger partial charge in [0.15, 0.2) is 0 Å². The number of hydrogen-bond acceptors (Lipinski definition) is 5. The van der Waals surface area contributed by atoms with Crippen LogP contribution >= 0.6 is 23.4 Å². The van der Waals surface area contributed by atoms with Crippen LogP contribution in [0.15, 0.2) is 40.3 Å². The van der Waals surface area contributed by atoms with Gasteiger partial charge in [0.2, 0.25) is 5.91 Å². The third-order valence-electron chi connectivity index (χ3n) is 2.25. The second-order valence-electron chi connectivity index (χ2n) is 3.68. The lowest BCUT2D eigenvalue weighted by molar-refractivity contribution is -0.115. The van der Waals surface area contributed by atoms with E-state index in [9.17, 15) is 4.79 Å². The van der Waals surface area contributed by atoms with Gasteiger partial charge in [-0.25, -0.2) is 4.98 Å². The summed E-state index contributed by atoms with van der Waals surface area (Å²) in [6.45, 7) is 0. The summed E-state index contributed by atoms with van der Waals surface area (Å²) in [5.41, 5.74) is 6.76. The summed E-state index contributed by atoms with van der Waals surface area (Å²) >= 11 is 7.16. The van der Waals surface area contributed by atoms with E-state index >= 15 is 0 Å². The van der Waals surface area contributed by atoms with Crippen molar-refractivity contribution in [3.8, 4) is 0 Å². The number of nitrogens with zero attached hydrogens (tertiary/aromatic N) is 1. The summed E-state index contributed by atoms with van der Waals surface area (Å²) in [4.78, 5) is 15.7. The van der Waals surface area contributed by atoms with E-state index in [2.05, 4.69) is 10.3 Å². The molecule has 1 heterocycles. The van der Waals surface area contributed by atoms with Gasteiger partial charge in [0.05, 0.1) is 17.6 Å². The minimum absolute atomic E-state index is 0.118. The van der Waals surface area contributed by atoms with Crippen molar-refractivity contribution in [1.29, 1.82) is 0 Å². The molecular weight excluding hydrogens is 286 g/mol. The Morgan fingerprint density at radius 2 is 2.37 bits per heavy atom. The molecule has 0 saturated carbocycles. The standard InChI is InChI=1S/C12H12ClN3O2S/c13-8-1-2-10(9(14)7-8)16-11(17)3-6-19-12-15-4-5-18-12/h1-2,4-5,7H,3,6,14H2,(H,16,17). The number of rotatable bonds is 5. The summed E-state index contributed by atoms with van der Waals surface area (Å²) < 4.78 is 5.05. The fraction of sp³-hybridized carbons (Fsp3) is 0.167. The number of carbonyl (C=O) groups excluding carboxylic acids is 1.